The van der Waals surface area contributed by atoms with Gasteiger partial charge in [-0.3, -0.25) is 0 Å². The average Bonchev–Trinajstić information content (AvgIpc) is 3.45. The number of nitrogens with zero attached hydrogens (tertiary/aromatic N) is 4. The summed E-state index contributed by atoms with van der Waals surface area (Å²) in [5.41, 5.74) is 3.28. The van der Waals surface area contributed by atoms with Crippen molar-refractivity contribution in [1.29, 1.82) is 0 Å². The highest BCUT2D eigenvalue weighted by Crippen LogP contribution is 2.34. The van der Waals surface area contributed by atoms with Gasteiger partial charge in [-0.15, -0.1) is 21.5 Å². The molecule has 0 atom stereocenters. The van der Waals surface area contributed by atoms with Crippen molar-refractivity contribution in [3.63, 3.8) is 0 Å². The molecule has 0 amide bonds. The summed E-state index contributed by atoms with van der Waals surface area (Å²) >= 11 is 3.30. The molecule has 0 N–H and O–H groups in total. The maximum absolute atomic E-state index is 5.61. The van der Waals surface area contributed by atoms with Gasteiger partial charge in [-0.05, 0) is 37.6 Å². The molecule has 0 bridgehead atoms. The Kier molecular flexibility index (Phi) is 7.44. The number of benzene rings is 2. The Bertz CT molecular complexity index is 1160. The summed E-state index contributed by atoms with van der Waals surface area (Å²) in [5, 5.41) is 12.9. The Labute approximate surface area is 196 Å². The van der Waals surface area contributed by atoms with Gasteiger partial charge in [-0.25, -0.2) is 4.98 Å². The van der Waals surface area contributed by atoms with Gasteiger partial charge in [0.05, 0.1) is 19.4 Å². The van der Waals surface area contributed by atoms with Crippen molar-refractivity contribution >= 4 is 23.1 Å². The number of thioether (sulfide) groups is 1. The summed E-state index contributed by atoms with van der Waals surface area (Å²) in [6.45, 7) is 5.53. The number of methoxy groups -OCH3 is 1. The summed E-state index contributed by atoms with van der Waals surface area (Å²) in [5.74, 6) is 3.20. The maximum Gasteiger partial charge on any atom is 0.191 e. The molecule has 6 nitrogen and oxygen atoms in total. The van der Waals surface area contributed by atoms with Crippen LogP contribution in [-0.4, -0.2) is 33.5 Å². The van der Waals surface area contributed by atoms with Gasteiger partial charge in [-0.1, -0.05) is 42.1 Å². The first-order chi connectivity index (χ1) is 15.7. The van der Waals surface area contributed by atoms with Crippen molar-refractivity contribution in [2.45, 2.75) is 37.7 Å². The number of aromatic nitrogens is 4. The van der Waals surface area contributed by atoms with Gasteiger partial charge >= 0.3 is 0 Å². The van der Waals surface area contributed by atoms with E-state index in [2.05, 4.69) is 51.3 Å². The lowest BCUT2D eigenvalue weighted by Crippen LogP contribution is -2.04. The molecule has 0 unspecified atom stereocenters. The van der Waals surface area contributed by atoms with Gasteiger partial charge in [-0.2, -0.15) is 0 Å². The van der Waals surface area contributed by atoms with E-state index in [0.29, 0.717) is 6.61 Å². The molecule has 0 radical (unpaired) electrons. The zero-order valence-corrected chi connectivity index (χ0v) is 20.1. The Morgan fingerprint density at radius 3 is 2.62 bits per heavy atom. The first kappa shape index (κ1) is 22.4. The molecule has 0 aliphatic carbocycles. The minimum absolute atomic E-state index is 0.601. The van der Waals surface area contributed by atoms with Gasteiger partial charge in [0.1, 0.15) is 10.8 Å². The molecule has 4 aromatic rings. The zero-order chi connectivity index (χ0) is 22.3. The van der Waals surface area contributed by atoms with E-state index in [1.807, 2.05) is 31.2 Å². The van der Waals surface area contributed by atoms with Crippen molar-refractivity contribution in [2.75, 3.05) is 13.7 Å². The number of ether oxygens (including phenoxy) is 2. The third-order valence-corrected chi connectivity index (χ3v) is 6.87. The Hall–Kier alpha value is -2.84. The van der Waals surface area contributed by atoms with Gasteiger partial charge in [0.15, 0.2) is 16.7 Å². The third kappa shape index (κ3) is 5.14. The minimum Gasteiger partial charge on any atom is -0.493 e. The minimum atomic E-state index is 0.601. The fourth-order valence-corrected chi connectivity index (χ4v) is 5.21. The summed E-state index contributed by atoms with van der Waals surface area (Å²) in [6, 6.07) is 16.3. The number of hydrogen-bond acceptors (Lipinski definition) is 7. The molecular formula is C24H26N4O2S2. The van der Waals surface area contributed by atoms with Crippen LogP contribution in [0, 0.1) is 0 Å². The molecule has 0 saturated heterocycles. The summed E-state index contributed by atoms with van der Waals surface area (Å²) in [6.07, 6.45) is 0.780. The Morgan fingerprint density at radius 1 is 1.03 bits per heavy atom. The second-order valence-electron chi connectivity index (χ2n) is 7.04. The lowest BCUT2D eigenvalue weighted by Gasteiger charge is -2.10. The van der Waals surface area contributed by atoms with Crippen LogP contribution in [0.5, 0.6) is 11.5 Å². The highest BCUT2D eigenvalue weighted by atomic mass is 32.2. The zero-order valence-electron chi connectivity index (χ0n) is 18.4. The second-order valence-corrected chi connectivity index (χ2v) is 8.84. The normalized spacial score (nSPS) is 11.0. The third-order valence-electron chi connectivity index (χ3n) is 4.93. The fraction of sp³-hybridized carbons (Fsp3) is 0.292. The lowest BCUT2D eigenvalue weighted by molar-refractivity contribution is 0.311. The smallest absolute Gasteiger partial charge is 0.191 e. The molecule has 0 aliphatic rings. The van der Waals surface area contributed by atoms with Crippen LogP contribution in [0.2, 0.25) is 0 Å². The number of rotatable bonds is 10. The first-order valence-electron chi connectivity index (χ1n) is 10.6. The first-order valence-corrected chi connectivity index (χ1v) is 12.4. The summed E-state index contributed by atoms with van der Waals surface area (Å²) in [4.78, 5) is 4.82. The molecular weight excluding hydrogens is 440 g/mol. The van der Waals surface area contributed by atoms with Gasteiger partial charge in [0, 0.05) is 29.7 Å². The van der Waals surface area contributed by atoms with Crippen molar-refractivity contribution in [1.82, 2.24) is 19.7 Å². The van der Waals surface area contributed by atoms with E-state index in [1.54, 1.807) is 30.2 Å². The Balaban J connectivity index is 1.45. The largest absolute Gasteiger partial charge is 0.493 e. The predicted molar refractivity (Wildman–Crippen MR) is 130 cm³/mol. The van der Waals surface area contributed by atoms with E-state index in [0.717, 1.165) is 57.5 Å². The van der Waals surface area contributed by atoms with Crippen molar-refractivity contribution in [3.8, 4) is 22.1 Å². The van der Waals surface area contributed by atoms with Crippen molar-refractivity contribution in [2.24, 2.45) is 0 Å². The van der Waals surface area contributed by atoms with E-state index in [1.165, 1.54) is 5.56 Å². The molecule has 4 rings (SSSR count). The van der Waals surface area contributed by atoms with E-state index in [-0.39, 0.29) is 0 Å². The monoisotopic (exact) mass is 466 g/mol. The van der Waals surface area contributed by atoms with Gasteiger partial charge in [0.25, 0.3) is 0 Å². The maximum atomic E-state index is 5.61. The lowest BCUT2D eigenvalue weighted by atomic mass is 10.1. The van der Waals surface area contributed by atoms with E-state index in [4.69, 9.17) is 14.5 Å². The summed E-state index contributed by atoms with van der Waals surface area (Å²) in [7, 11) is 1.65. The molecule has 0 aliphatic heterocycles. The van der Waals surface area contributed by atoms with E-state index < -0.39 is 0 Å². The van der Waals surface area contributed by atoms with Crippen LogP contribution in [0.25, 0.3) is 10.6 Å². The highest BCUT2D eigenvalue weighted by Gasteiger charge is 2.14. The van der Waals surface area contributed by atoms with Gasteiger partial charge in [0.2, 0.25) is 0 Å². The predicted octanol–water partition coefficient (Wildman–Crippen LogP) is 5.71. The quantitative estimate of drug-likeness (QED) is 0.279. The fourth-order valence-electron chi connectivity index (χ4n) is 3.37. The van der Waals surface area contributed by atoms with Crippen molar-refractivity contribution in [3.05, 3.63) is 71.0 Å². The van der Waals surface area contributed by atoms with Crippen LogP contribution in [0.3, 0.4) is 0 Å². The Morgan fingerprint density at radius 2 is 1.88 bits per heavy atom. The SMILES string of the molecule is CCOc1ccc(-c2nc(CSc3nnc(Cc4ccccc4)n3CC)cs2)cc1OC. The van der Waals surface area contributed by atoms with Crippen molar-refractivity contribution < 1.29 is 9.47 Å². The number of thiazole rings is 1. The van der Waals surface area contributed by atoms with Crippen LogP contribution in [0.1, 0.15) is 30.9 Å². The molecule has 8 heteroatoms. The molecule has 0 saturated carbocycles. The number of hydrogen-bond donors (Lipinski definition) is 0. The average molecular weight is 467 g/mol. The molecule has 2 aromatic carbocycles. The topological polar surface area (TPSA) is 62.1 Å². The molecule has 2 aromatic heterocycles. The van der Waals surface area contributed by atoms with Crippen LogP contribution < -0.4 is 9.47 Å². The van der Waals surface area contributed by atoms with E-state index >= 15 is 0 Å². The summed E-state index contributed by atoms with van der Waals surface area (Å²) < 4.78 is 13.3. The molecule has 2 heterocycles. The van der Waals surface area contributed by atoms with Gasteiger partial charge < -0.3 is 14.0 Å². The second kappa shape index (κ2) is 10.7. The molecule has 166 valence electrons. The van der Waals surface area contributed by atoms with Crippen LogP contribution in [-0.2, 0) is 18.7 Å². The van der Waals surface area contributed by atoms with Crippen LogP contribution >= 0.6 is 23.1 Å². The van der Waals surface area contributed by atoms with E-state index in [9.17, 15) is 0 Å². The highest BCUT2D eigenvalue weighted by molar-refractivity contribution is 7.98. The standard InChI is InChI=1S/C24H26N4O2S2/c1-4-28-22(13-17-9-7-6-8-10-17)26-27-24(28)32-16-19-15-31-23(25-19)18-11-12-20(30-5-2)21(14-18)29-3/h6-12,14-15H,4-5,13,16H2,1-3H3. The molecule has 0 fully saturated rings. The van der Waals surface area contributed by atoms with Crippen LogP contribution in [0.15, 0.2) is 59.1 Å². The van der Waals surface area contributed by atoms with Crippen LogP contribution in [0.4, 0.5) is 0 Å². The molecule has 0 spiro atoms. The molecule has 32 heavy (non-hydrogen) atoms.